The van der Waals surface area contributed by atoms with Crippen molar-refractivity contribution in [2.75, 3.05) is 13.7 Å². The van der Waals surface area contributed by atoms with E-state index in [1.165, 1.54) is 6.08 Å². The molecule has 0 amide bonds. The SMILES string of the molecule is CCOC(=O)c1c(C)noc1/C(O)=C/c1ccc(OC)cc1. The maximum absolute atomic E-state index is 11.9. The fourth-order valence-corrected chi connectivity index (χ4v) is 1.91. The molecular weight excluding hydrogens is 286 g/mol. The fourth-order valence-electron chi connectivity index (χ4n) is 1.91. The highest BCUT2D eigenvalue weighted by atomic mass is 16.5. The number of benzene rings is 1. The first-order valence-electron chi connectivity index (χ1n) is 6.75. The highest BCUT2D eigenvalue weighted by Gasteiger charge is 2.24. The van der Waals surface area contributed by atoms with Crippen LogP contribution in [-0.4, -0.2) is 29.9 Å². The molecule has 1 heterocycles. The Morgan fingerprint density at radius 3 is 2.64 bits per heavy atom. The molecule has 22 heavy (non-hydrogen) atoms. The Kier molecular flexibility index (Phi) is 4.83. The van der Waals surface area contributed by atoms with E-state index in [1.807, 2.05) is 0 Å². The Hall–Kier alpha value is -2.76. The number of carbonyl (C=O) groups excluding carboxylic acids is 1. The zero-order chi connectivity index (χ0) is 16.1. The van der Waals surface area contributed by atoms with Gasteiger partial charge in [-0.25, -0.2) is 4.79 Å². The van der Waals surface area contributed by atoms with Crippen molar-refractivity contribution >= 4 is 17.8 Å². The molecule has 0 radical (unpaired) electrons. The number of aliphatic hydroxyl groups excluding tert-OH is 1. The molecule has 0 bridgehead atoms. The first-order valence-corrected chi connectivity index (χ1v) is 6.75. The number of rotatable bonds is 5. The molecule has 116 valence electrons. The monoisotopic (exact) mass is 303 g/mol. The van der Waals surface area contributed by atoms with E-state index in [0.717, 1.165) is 5.56 Å². The fraction of sp³-hybridized carbons (Fsp3) is 0.250. The van der Waals surface area contributed by atoms with Crippen LogP contribution < -0.4 is 4.74 Å². The molecule has 0 unspecified atom stereocenters. The van der Waals surface area contributed by atoms with Gasteiger partial charge in [0, 0.05) is 0 Å². The van der Waals surface area contributed by atoms with Crippen LogP contribution in [0, 0.1) is 6.92 Å². The van der Waals surface area contributed by atoms with Gasteiger partial charge in [-0.15, -0.1) is 0 Å². The minimum atomic E-state index is -0.578. The van der Waals surface area contributed by atoms with Crippen LogP contribution in [-0.2, 0) is 4.74 Å². The number of carbonyl (C=O) groups is 1. The number of aromatic nitrogens is 1. The Labute approximate surface area is 128 Å². The van der Waals surface area contributed by atoms with E-state index in [9.17, 15) is 9.90 Å². The van der Waals surface area contributed by atoms with Gasteiger partial charge in [0.15, 0.2) is 5.76 Å². The number of esters is 1. The zero-order valence-electron chi connectivity index (χ0n) is 12.6. The van der Waals surface area contributed by atoms with Crippen molar-refractivity contribution in [3.05, 3.63) is 46.8 Å². The molecule has 0 fully saturated rings. The highest BCUT2D eigenvalue weighted by Crippen LogP contribution is 2.24. The van der Waals surface area contributed by atoms with Crippen molar-refractivity contribution in [1.29, 1.82) is 0 Å². The van der Waals surface area contributed by atoms with Crippen LogP contribution >= 0.6 is 0 Å². The lowest BCUT2D eigenvalue weighted by Gasteiger charge is -2.03. The molecule has 0 aliphatic heterocycles. The van der Waals surface area contributed by atoms with Gasteiger partial charge in [0.25, 0.3) is 0 Å². The lowest BCUT2D eigenvalue weighted by Crippen LogP contribution is -2.07. The second-order valence-electron chi connectivity index (χ2n) is 4.50. The summed E-state index contributed by atoms with van der Waals surface area (Å²) in [6.07, 6.45) is 1.47. The summed E-state index contributed by atoms with van der Waals surface area (Å²) in [5.74, 6) is -0.0779. The van der Waals surface area contributed by atoms with Gasteiger partial charge in [0.1, 0.15) is 11.3 Å². The molecule has 0 saturated carbocycles. The van der Waals surface area contributed by atoms with Gasteiger partial charge < -0.3 is 19.1 Å². The van der Waals surface area contributed by atoms with Gasteiger partial charge in [-0.3, -0.25) is 0 Å². The summed E-state index contributed by atoms with van der Waals surface area (Å²) in [7, 11) is 1.57. The molecular formula is C16H17NO5. The van der Waals surface area contributed by atoms with E-state index < -0.39 is 5.97 Å². The average Bonchev–Trinajstić information content (AvgIpc) is 2.90. The van der Waals surface area contributed by atoms with Crippen LogP contribution in [0.4, 0.5) is 0 Å². The molecule has 0 spiro atoms. The smallest absolute Gasteiger partial charge is 0.344 e. The molecule has 0 aliphatic carbocycles. The molecule has 6 heteroatoms. The third-order valence-corrected chi connectivity index (χ3v) is 2.99. The van der Waals surface area contributed by atoms with Crippen molar-refractivity contribution < 1.29 is 23.9 Å². The quantitative estimate of drug-likeness (QED) is 0.674. The lowest BCUT2D eigenvalue weighted by molar-refractivity contribution is 0.0523. The summed E-state index contributed by atoms with van der Waals surface area (Å²) in [5.41, 5.74) is 1.22. The first kappa shape index (κ1) is 15.6. The number of aryl methyl sites for hydroxylation is 1. The van der Waals surface area contributed by atoms with Crippen LogP contribution in [0.5, 0.6) is 5.75 Å². The van der Waals surface area contributed by atoms with Gasteiger partial charge in [-0.05, 0) is 37.6 Å². The van der Waals surface area contributed by atoms with Crippen LogP contribution in [0.3, 0.4) is 0 Å². The second kappa shape index (κ2) is 6.80. The Balaban J connectivity index is 2.34. The number of methoxy groups -OCH3 is 1. The maximum Gasteiger partial charge on any atom is 0.344 e. The topological polar surface area (TPSA) is 81.8 Å². The molecule has 1 N–H and O–H groups in total. The van der Waals surface area contributed by atoms with E-state index in [4.69, 9.17) is 14.0 Å². The summed E-state index contributed by atoms with van der Waals surface area (Å²) >= 11 is 0. The molecule has 1 aromatic heterocycles. The Morgan fingerprint density at radius 2 is 2.05 bits per heavy atom. The van der Waals surface area contributed by atoms with Crippen LogP contribution in [0.15, 0.2) is 28.8 Å². The highest BCUT2D eigenvalue weighted by molar-refractivity contribution is 5.96. The predicted octanol–water partition coefficient (Wildman–Crippen LogP) is 3.22. The van der Waals surface area contributed by atoms with Crippen molar-refractivity contribution in [3.63, 3.8) is 0 Å². The minimum Gasteiger partial charge on any atom is -0.504 e. The van der Waals surface area contributed by atoms with Crippen LogP contribution in [0.2, 0.25) is 0 Å². The number of aliphatic hydroxyl groups is 1. The largest absolute Gasteiger partial charge is 0.504 e. The lowest BCUT2D eigenvalue weighted by atomic mass is 10.1. The summed E-state index contributed by atoms with van der Waals surface area (Å²) in [6, 6.07) is 7.05. The van der Waals surface area contributed by atoms with E-state index in [0.29, 0.717) is 11.4 Å². The van der Waals surface area contributed by atoms with E-state index >= 15 is 0 Å². The van der Waals surface area contributed by atoms with Gasteiger partial charge in [0.05, 0.1) is 19.4 Å². The van der Waals surface area contributed by atoms with Crippen molar-refractivity contribution in [3.8, 4) is 5.75 Å². The third-order valence-electron chi connectivity index (χ3n) is 2.99. The van der Waals surface area contributed by atoms with Crippen molar-refractivity contribution in [1.82, 2.24) is 5.16 Å². The average molecular weight is 303 g/mol. The summed E-state index contributed by atoms with van der Waals surface area (Å²) < 4.78 is 15.1. The maximum atomic E-state index is 11.9. The normalized spacial score (nSPS) is 11.3. The third kappa shape index (κ3) is 3.28. The van der Waals surface area contributed by atoms with Gasteiger partial charge >= 0.3 is 5.97 Å². The van der Waals surface area contributed by atoms with Crippen molar-refractivity contribution in [2.24, 2.45) is 0 Å². The molecule has 0 saturated heterocycles. The summed E-state index contributed by atoms with van der Waals surface area (Å²) in [4.78, 5) is 11.9. The molecule has 2 rings (SSSR count). The van der Waals surface area contributed by atoms with Gasteiger partial charge in [-0.1, -0.05) is 17.3 Å². The Bertz CT molecular complexity index is 685. The van der Waals surface area contributed by atoms with E-state index in [1.54, 1.807) is 45.2 Å². The summed E-state index contributed by atoms with van der Waals surface area (Å²) in [6.45, 7) is 3.54. The number of hydrogen-bond acceptors (Lipinski definition) is 6. The standard InChI is InChI=1S/C16H17NO5/c1-4-21-16(19)14-10(2)17-22-15(14)13(18)9-11-5-7-12(20-3)8-6-11/h5-9,18H,4H2,1-3H3/b13-9-. The number of ether oxygens (including phenoxy) is 2. The van der Waals surface area contributed by atoms with Gasteiger partial charge in [-0.2, -0.15) is 0 Å². The predicted molar refractivity (Wildman–Crippen MR) is 80.7 cm³/mol. The number of hydrogen-bond donors (Lipinski definition) is 1. The molecule has 0 aliphatic rings. The van der Waals surface area contributed by atoms with E-state index in [-0.39, 0.29) is 23.7 Å². The zero-order valence-corrected chi connectivity index (χ0v) is 12.6. The van der Waals surface area contributed by atoms with E-state index in [2.05, 4.69) is 5.16 Å². The number of nitrogens with zero attached hydrogens (tertiary/aromatic N) is 1. The van der Waals surface area contributed by atoms with Crippen molar-refractivity contribution in [2.45, 2.75) is 13.8 Å². The first-order chi connectivity index (χ1) is 10.6. The summed E-state index contributed by atoms with van der Waals surface area (Å²) in [5, 5.41) is 13.9. The molecule has 1 aromatic carbocycles. The van der Waals surface area contributed by atoms with Crippen LogP contribution in [0.25, 0.3) is 11.8 Å². The van der Waals surface area contributed by atoms with Crippen LogP contribution in [0.1, 0.15) is 34.3 Å². The minimum absolute atomic E-state index is 0.00762. The Morgan fingerprint density at radius 1 is 1.36 bits per heavy atom. The molecule has 2 aromatic rings. The molecule has 0 atom stereocenters. The second-order valence-corrected chi connectivity index (χ2v) is 4.50. The van der Waals surface area contributed by atoms with Gasteiger partial charge in [0.2, 0.25) is 5.76 Å². The molecule has 6 nitrogen and oxygen atoms in total.